The number of carbonyl (C=O) groups excluding carboxylic acids is 1. The zero-order chi connectivity index (χ0) is 20.3. The summed E-state index contributed by atoms with van der Waals surface area (Å²) in [6, 6.07) is 0.739. The molecule has 0 aliphatic heterocycles. The van der Waals surface area contributed by atoms with Gasteiger partial charge in [0.05, 0.1) is 17.7 Å². The molecule has 0 aliphatic carbocycles. The number of esters is 1. The first-order valence-electron chi connectivity index (χ1n) is 7.05. The summed E-state index contributed by atoms with van der Waals surface area (Å²) in [4.78, 5) is 11.3. The number of carbonyl (C=O) groups is 1. The third kappa shape index (κ3) is 5.87. The number of sulfonamides is 1. The van der Waals surface area contributed by atoms with Gasteiger partial charge >= 0.3 is 18.3 Å². The lowest BCUT2D eigenvalue weighted by atomic mass is 10.0. The molecule has 26 heavy (non-hydrogen) atoms. The van der Waals surface area contributed by atoms with E-state index in [9.17, 15) is 39.6 Å². The molecule has 0 saturated carbocycles. The molecule has 0 aliphatic rings. The number of halogens is 6. The van der Waals surface area contributed by atoms with E-state index in [0.29, 0.717) is 4.31 Å². The normalized spacial score (nSPS) is 13.1. The molecular weight excluding hydrogens is 392 g/mol. The molecule has 0 spiro atoms. The van der Waals surface area contributed by atoms with Crippen LogP contribution in [0.25, 0.3) is 0 Å². The fourth-order valence-electron chi connectivity index (χ4n) is 1.98. The Bertz CT molecular complexity index is 758. The lowest BCUT2D eigenvalue weighted by molar-refractivity contribution is -0.142. The van der Waals surface area contributed by atoms with Crippen molar-refractivity contribution >= 4 is 16.0 Å². The maximum atomic E-state index is 13.0. The molecule has 0 fully saturated rings. The van der Waals surface area contributed by atoms with Crippen molar-refractivity contribution in [3.63, 3.8) is 0 Å². The van der Waals surface area contributed by atoms with Crippen LogP contribution in [0.2, 0.25) is 0 Å². The predicted octanol–water partition coefficient (Wildman–Crippen LogP) is 3.05. The molecule has 0 saturated heterocycles. The average Bonchev–Trinajstić information content (AvgIpc) is 2.44. The second kappa shape index (κ2) is 7.82. The van der Waals surface area contributed by atoms with Gasteiger partial charge in [-0.15, -0.1) is 0 Å². The smallest absolute Gasteiger partial charge is 0.416 e. The van der Waals surface area contributed by atoms with Crippen molar-refractivity contribution < 1.29 is 44.3 Å². The second-order valence-corrected chi connectivity index (χ2v) is 7.26. The van der Waals surface area contributed by atoms with Gasteiger partial charge in [-0.05, 0) is 30.7 Å². The van der Waals surface area contributed by atoms with Crippen LogP contribution in [0.3, 0.4) is 0 Å². The van der Waals surface area contributed by atoms with Gasteiger partial charge in [-0.25, -0.2) is 12.7 Å². The Balaban J connectivity index is 3.22. The second-order valence-electron chi connectivity index (χ2n) is 5.18. The summed E-state index contributed by atoms with van der Waals surface area (Å²) in [5.41, 5.74) is -3.64. The molecule has 0 aromatic heterocycles. The summed E-state index contributed by atoms with van der Waals surface area (Å²) >= 11 is 0. The van der Waals surface area contributed by atoms with E-state index in [1.165, 1.54) is 6.92 Å². The van der Waals surface area contributed by atoms with Crippen LogP contribution < -0.4 is 0 Å². The lowest BCUT2D eigenvalue weighted by Crippen LogP contribution is -2.33. The van der Waals surface area contributed by atoms with Crippen LogP contribution in [0.5, 0.6) is 0 Å². The summed E-state index contributed by atoms with van der Waals surface area (Å²) in [6.07, 6.45) is -9.88. The van der Waals surface area contributed by atoms with Gasteiger partial charge in [-0.1, -0.05) is 0 Å². The molecule has 0 unspecified atom stereocenters. The van der Waals surface area contributed by atoms with Gasteiger partial charge in [0.15, 0.2) is 5.75 Å². The van der Waals surface area contributed by atoms with Crippen molar-refractivity contribution in [3.8, 4) is 0 Å². The average molecular weight is 407 g/mol. The minimum Gasteiger partial charge on any atom is -0.465 e. The standard InChI is InChI=1S/C14H15F6NO4S/c1-3-25-12(22)8-26(23,24)21(2)7-9-6-10(13(15,16)17)4-5-11(9)14(18,19)20/h4-6H,3,7-8H2,1-2H3. The number of hydrogen-bond donors (Lipinski definition) is 0. The molecule has 0 heterocycles. The minimum absolute atomic E-state index is 0.107. The van der Waals surface area contributed by atoms with Crippen molar-refractivity contribution in [2.24, 2.45) is 0 Å². The van der Waals surface area contributed by atoms with E-state index in [1.54, 1.807) is 0 Å². The van der Waals surface area contributed by atoms with E-state index in [4.69, 9.17) is 0 Å². The minimum atomic E-state index is -4.98. The van der Waals surface area contributed by atoms with E-state index in [0.717, 1.165) is 7.05 Å². The van der Waals surface area contributed by atoms with Crippen LogP contribution in [0.1, 0.15) is 23.6 Å². The van der Waals surface area contributed by atoms with Gasteiger partial charge in [0.25, 0.3) is 0 Å². The van der Waals surface area contributed by atoms with Crippen molar-refractivity contribution in [3.05, 3.63) is 34.9 Å². The van der Waals surface area contributed by atoms with Gasteiger partial charge in [0.2, 0.25) is 10.0 Å². The molecule has 0 amide bonds. The SMILES string of the molecule is CCOC(=O)CS(=O)(=O)N(C)Cc1cc(C(F)(F)F)ccc1C(F)(F)F. The fourth-order valence-corrected chi connectivity index (χ4v) is 2.91. The molecule has 1 rings (SSSR count). The number of alkyl halides is 6. The zero-order valence-corrected chi connectivity index (χ0v) is 14.4. The lowest BCUT2D eigenvalue weighted by Gasteiger charge is -2.21. The van der Waals surface area contributed by atoms with E-state index in [1.807, 2.05) is 0 Å². The highest BCUT2D eigenvalue weighted by Crippen LogP contribution is 2.37. The van der Waals surface area contributed by atoms with E-state index >= 15 is 0 Å². The Hall–Kier alpha value is -1.82. The Morgan fingerprint density at radius 2 is 1.69 bits per heavy atom. The highest BCUT2D eigenvalue weighted by atomic mass is 32.2. The Morgan fingerprint density at radius 3 is 2.15 bits per heavy atom. The fraction of sp³-hybridized carbons (Fsp3) is 0.500. The number of benzene rings is 1. The van der Waals surface area contributed by atoms with E-state index in [-0.39, 0.29) is 24.8 Å². The number of nitrogens with zero attached hydrogens (tertiary/aromatic N) is 1. The van der Waals surface area contributed by atoms with Crippen molar-refractivity contribution in [1.82, 2.24) is 4.31 Å². The topological polar surface area (TPSA) is 63.7 Å². The van der Waals surface area contributed by atoms with E-state index in [2.05, 4.69) is 4.74 Å². The molecule has 148 valence electrons. The van der Waals surface area contributed by atoms with Gasteiger partial charge < -0.3 is 4.74 Å². The molecule has 0 atom stereocenters. The van der Waals surface area contributed by atoms with Crippen LogP contribution in [0.15, 0.2) is 18.2 Å². The van der Waals surface area contributed by atoms with Crippen molar-refractivity contribution in [2.45, 2.75) is 25.8 Å². The summed E-state index contributed by atoms with van der Waals surface area (Å²) in [7, 11) is -3.52. The highest BCUT2D eigenvalue weighted by molar-refractivity contribution is 7.89. The number of hydrogen-bond acceptors (Lipinski definition) is 4. The van der Waals surface area contributed by atoms with E-state index < -0.39 is 57.3 Å². The van der Waals surface area contributed by atoms with Crippen LogP contribution in [0.4, 0.5) is 26.3 Å². The van der Waals surface area contributed by atoms with Gasteiger partial charge in [0.1, 0.15) is 0 Å². The molecule has 0 bridgehead atoms. The van der Waals surface area contributed by atoms with Crippen LogP contribution in [0, 0.1) is 0 Å². The van der Waals surface area contributed by atoms with Crippen molar-refractivity contribution in [1.29, 1.82) is 0 Å². The largest absolute Gasteiger partial charge is 0.465 e. The number of rotatable bonds is 6. The molecule has 0 N–H and O–H groups in total. The summed E-state index contributed by atoms with van der Waals surface area (Å²) in [5, 5.41) is 0. The Kier molecular flexibility index (Phi) is 6.69. The third-order valence-corrected chi connectivity index (χ3v) is 4.89. The maximum absolute atomic E-state index is 13.0. The Labute approximate surface area is 145 Å². The van der Waals surface area contributed by atoms with Crippen LogP contribution >= 0.6 is 0 Å². The molecule has 1 aromatic rings. The van der Waals surface area contributed by atoms with Crippen molar-refractivity contribution in [2.75, 3.05) is 19.4 Å². The molecule has 5 nitrogen and oxygen atoms in total. The first-order chi connectivity index (χ1) is 11.7. The first-order valence-corrected chi connectivity index (χ1v) is 8.66. The number of ether oxygens (including phenoxy) is 1. The first kappa shape index (κ1) is 22.2. The monoisotopic (exact) mass is 407 g/mol. The predicted molar refractivity (Wildman–Crippen MR) is 78.3 cm³/mol. The van der Waals surface area contributed by atoms with Crippen LogP contribution in [-0.4, -0.2) is 38.1 Å². The molecular formula is C14H15F6NO4S. The summed E-state index contributed by atoms with van der Waals surface area (Å²) in [5.74, 6) is -2.27. The third-order valence-electron chi connectivity index (χ3n) is 3.21. The molecule has 0 radical (unpaired) electrons. The van der Waals surface area contributed by atoms with Gasteiger partial charge in [-0.3, -0.25) is 4.79 Å². The van der Waals surface area contributed by atoms with Gasteiger partial charge in [-0.2, -0.15) is 26.3 Å². The molecule has 12 heteroatoms. The van der Waals surface area contributed by atoms with Gasteiger partial charge in [0, 0.05) is 13.6 Å². The summed E-state index contributed by atoms with van der Waals surface area (Å²) in [6.45, 7) is 0.316. The quantitative estimate of drug-likeness (QED) is 0.537. The molecule has 1 aromatic carbocycles. The Morgan fingerprint density at radius 1 is 1.12 bits per heavy atom. The highest BCUT2D eigenvalue weighted by Gasteiger charge is 2.37. The summed E-state index contributed by atoms with van der Waals surface area (Å²) < 4.78 is 106. The van der Waals surface area contributed by atoms with Crippen LogP contribution in [-0.2, 0) is 38.5 Å². The zero-order valence-electron chi connectivity index (χ0n) is 13.6. The maximum Gasteiger partial charge on any atom is 0.416 e.